The second-order valence-electron chi connectivity index (χ2n) is 4.58. The summed E-state index contributed by atoms with van der Waals surface area (Å²) in [6.07, 6.45) is 7.21. The highest BCUT2D eigenvalue weighted by Gasteiger charge is 2.17. The maximum absolute atomic E-state index is 12.0. The number of hydrogen-bond acceptors (Lipinski definition) is 3. The summed E-state index contributed by atoms with van der Waals surface area (Å²) in [6, 6.07) is 0. The molecule has 0 aromatic carbocycles. The normalized spacial score (nSPS) is 18.6. The van der Waals surface area contributed by atoms with Crippen LogP contribution in [0.15, 0.2) is 17.5 Å². The summed E-state index contributed by atoms with van der Waals surface area (Å²) in [4.78, 5) is 18.1. The van der Waals surface area contributed by atoms with E-state index in [4.69, 9.17) is 0 Å². The number of allylic oxidation sites excluding steroid dienone is 2. The summed E-state index contributed by atoms with van der Waals surface area (Å²) in [5, 5.41) is 3.08. The molecule has 3 nitrogen and oxygen atoms in total. The van der Waals surface area contributed by atoms with Gasteiger partial charge < -0.3 is 4.90 Å². The first-order valence-corrected chi connectivity index (χ1v) is 6.85. The second-order valence-corrected chi connectivity index (χ2v) is 5.64. The molecule has 1 aliphatic carbocycles. The van der Waals surface area contributed by atoms with E-state index in [0.29, 0.717) is 18.9 Å². The van der Waals surface area contributed by atoms with Gasteiger partial charge in [-0.1, -0.05) is 12.2 Å². The van der Waals surface area contributed by atoms with Crippen LogP contribution in [0.2, 0.25) is 0 Å². The van der Waals surface area contributed by atoms with E-state index in [0.717, 1.165) is 23.5 Å². The Hall–Kier alpha value is -1.16. The smallest absolute Gasteiger partial charge is 0.223 e. The zero-order chi connectivity index (χ0) is 12.3. The summed E-state index contributed by atoms with van der Waals surface area (Å²) < 4.78 is 0. The van der Waals surface area contributed by atoms with E-state index < -0.39 is 0 Å². The van der Waals surface area contributed by atoms with Gasteiger partial charge >= 0.3 is 0 Å². The van der Waals surface area contributed by atoms with E-state index in [2.05, 4.69) is 17.1 Å². The average Bonchev–Trinajstić information content (AvgIpc) is 2.90. The Labute approximate surface area is 106 Å². The van der Waals surface area contributed by atoms with Gasteiger partial charge in [0.15, 0.2) is 0 Å². The Morgan fingerprint density at radius 2 is 2.47 bits per heavy atom. The third-order valence-corrected chi connectivity index (χ3v) is 3.86. The fourth-order valence-electron chi connectivity index (χ4n) is 2.06. The van der Waals surface area contributed by atoms with Crippen molar-refractivity contribution in [3.63, 3.8) is 0 Å². The number of hydrogen-bond donors (Lipinski definition) is 0. The van der Waals surface area contributed by atoms with Crippen molar-refractivity contribution in [2.24, 2.45) is 5.92 Å². The quantitative estimate of drug-likeness (QED) is 0.770. The molecule has 0 aliphatic heterocycles. The molecule has 0 fully saturated rings. The van der Waals surface area contributed by atoms with Crippen LogP contribution in [-0.2, 0) is 11.3 Å². The third-order valence-electron chi connectivity index (χ3n) is 3.04. The van der Waals surface area contributed by atoms with Gasteiger partial charge in [-0.15, -0.1) is 11.3 Å². The van der Waals surface area contributed by atoms with Gasteiger partial charge in [-0.3, -0.25) is 4.79 Å². The molecule has 1 amide bonds. The minimum atomic E-state index is 0.215. The van der Waals surface area contributed by atoms with Crippen LogP contribution in [0.25, 0.3) is 0 Å². The number of carbonyl (C=O) groups excluding carboxylic acids is 1. The van der Waals surface area contributed by atoms with Gasteiger partial charge in [-0.2, -0.15) is 0 Å². The van der Waals surface area contributed by atoms with E-state index in [1.807, 2.05) is 19.4 Å². The summed E-state index contributed by atoms with van der Waals surface area (Å²) in [5.41, 5.74) is 0.991. The maximum Gasteiger partial charge on any atom is 0.223 e. The second kappa shape index (κ2) is 5.45. The molecule has 0 N–H and O–H groups in total. The first-order chi connectivity index (χ1) is 8.15. The van der Waals surface area contributed by atoms with Crippen molar-refractivity contribution >= 4 is 17.2 Å². The van der Waals surface area contributed by atoms with Crippen LogP contribution in [0, 0.1) is 12.8 Å². The van der Waals surface area contributed by atoms with Gasteiger partial charge in [0.25, 0.3) is 0 Å². The molecule has 1 unspecified atom stereocenters. The molecular formula is C13H18N2OS. The van der Waals surface area contributed by atoms with E-state index in [1.165, 1.54) is 0 Å². The Kier molecular flexibility index (Phi) is 3.94. The average molecular weight is 250 g/mol. The molecule has 92 valence electrons. The van der Waals surface area contributed by atoms with Crippen LogP contribution in [0.1, 0.15) is 30.0 Å². The number of aromatic nitrogens is 1. The summed E-state index contributed by atoms with van der Waals surface area (Å²) in [5.74, 6) is 0.661. The highest BCUT2D eigenvalue weighted by atomic mass is 32.1. The summed E-state index contributed by atoms with van der Waals surface area (Å²) in [7, 11) is 1.86. The number of rotatable bonds is 4. The zero-order valence-corrected chi connectivity index (χ0v) is 11.2. The molecule has 0 radical (unpaired) electrons. The predicted molar refractivity (Wildman–Crippen MR) is 69.8 cm³/mol. The lowest BCUT2D eigenvalue weighted by molar-refractivity contribution is -0.131. The molecule has 0 bridgehead atoms. The van der Waals surface area contributed by atoms with E-state index in [-0.39, 0.29) is 5.91 Å². The number of carbonyl (C=O) groups is 1. The van der Waals surface area contributed by atoms with Gasteiger partial charge in [-0.25, -0.2) is 4.98 Å². The van der Waals surface area contributed by atoms with Gasteiger partial charge in [0.05, 0.1) is 17.2 Å². The summed E-state index contributed by atoms with van der Waals surface area (Å²) in [6.45, 7) is 2.61. The number of thiazole rings is 1. The first kappa shape index (κ1) is 12.3. The van der Waals surface area contributed by atoms with Crippen LogP contribution in [0.3, 0.4) is 0 Å². The fraction of sp³-hybridized carbons (Fsp3) is 0.538. The SMILES string of the molecule is Cc1nc(CN(C)C(=O)CC2C=CCC2)cs1. The molecule has 17 heavy (non-hydrogen) atoms. The molecular weight excluding hydrogens is 232 g/mol. The molecule has 2 rings (SSSR count). The fourth-order valence-corrected chi connectivity index (χ4v) is 2.66. The Morgan fingerprint density at radius 1 is 1.65 bits per heavy atom. The standard InChI is InChI=1S/C13H18N2OS/c1-10-14-12(9-17-10)8-15(2)13(16)7-11-5-3-4-6-11/h3,5,9,11H,4,6-8H2,1-2H3. The van der Waals surface area contributed by atoms with Crippen molar-refractivity contribution in [2.75, 3.05) is 7.05 Å². The van der Waals surface area contributed by atoms with E-state index in [9.17, 15) is 4.79 Å². The Bertz CT molecular complexity index is 425. The predicted octanol–water partition coefficient (Wildman–Crippen LogP) is 2.77. The number of amides is 1. The van der Waals surface area contributed by atoms with Crippen LogP contribution in [0.5, 0.6) is 0 Å². The van der Waals surface area contributed by atoms with Gasteiger partial charge in [0.1, 0.15) is 0 Å². The Morgan fingerprint density at radius 3 is 3.06 bits per heavy atom. The molecule has 1 aromatic rings. The topological polar surface area (TPSA) is 33.2 Å². The monoisotopic (exact) mass is 250 g/mol. The van der Waals surface area contributed by atoms with Crippen molar-refractivity contribution in [2.45, 2.75) is 32.7 Å². The van der Waals surface area contributed by atoms with Crippen LogP contribution >= 0.6 is 11.3 Å². The summed E-state index contributed by atoms with van der Waals surface area (Å²) >= 11 is 1.63. The molecule has 0 spiro atoms. The zero-order valence-electron chi connectivity index (χ0n) is 10.3. The Balaban J connectivity index is 1.84. The number of aryl methyl sites for hydroxylation is 1. The highest BCUT2D eigenvalue weighted by Crippen LogP contribution is 2.21. The molecule has 0 saturated heterocycles. The lowest BCUT2D eigenvalue weighted by Gasteiger charge is -2.17. The minimum absolute atomic E-state index is 0.215. The largest absolute Gasteiger partial charge is 0.340 e. The molecule has 1 aliphatic rings. The molecule has 4 heteroatoms. The molecule has 0 saturated carbocycles. The van der Waals surface area contributed by atoms with Gasteiger partial charge in [0, 0.05) is 18.8 Å². The van der Waals surface area contributed by atoms with E-state index >= 15 is 0 Å². The first-order valence-electron chi connectivity index (χ1n) is 5.97. The lowest BCUT2D eigenvalue weighted by atomic mass is 10.0. The molecule has 1 aromatic heterocycles. The van der Waals surface area contributed by atoms with Gasteiger partial charge in [0.2, 0.25) is 5.91 Å². The van der Waals surface area contributed by atoms with Gasteiger partial charge in [-0.05, 0) is 25.7 Å². The molecule has 1 heterocycles. The molecule has 1 atom stereocenters. The van der Waals surface area contributed by atoms with Crippen molar-refractivity contribution in [1.29, 1.82) is 0 Å². The lowest BCUT2D eigenvalue weighted by Crippen LogP contribution is -2.27. The van der Waals surface area contributed by atoms with E-state index in [1.54, 1.807) is 16.2 Å². The maximum atomic E-state index is 12.0. The van der Waals surface area contributed by atoms with Crippen LogP contribution in [-0.4, -0.2) is 22.8 Å². The van der Waals surface area contributed by atoms with Crippen molar-refractivity contribution < 1.29 is 4.79 Å². The van der Waals surface area contributed by atoms with Crippen LogP contribution < -0.4 is 0 Å². The number of nitrogens with zero attached hydrogens (tertiary/aromatic N) is 2. The third kappa shape index (κ3) is 3.40. The van der Waals surface area contributed by atoms with Crippen molar-refractivity contribution in [1.82, 2.24) is 9.88 Å². The van der Waals surface area contributed by atoms with Crippen molar-refractivity contribution in [3.05, 3.63) is 28.2 Å². The van der Waals surface area contributed by atoms with Crippen LogP contribution in [0.4, 0.5) is 0 Å². The van der Waals surface area contributed by atoms with Crippen molar-refractivity contribution in [3.8, 4) is 0 Å². The highest BCUT2D eigenvalue weighted by molar-refractivity contribution is 7.09. The minimum Gasteiger partial charge on any atom is -0.340 e.